The number of benzene rings is 1. The Hall–Kier alpha value is -3.00. The number of aryl methyl sites for hydroxylation is 1. The van der Waals surface area contributed by atoms with Crippen LogP contribution in [0.2, 0.25) is 0 Å². The molecule has 0 fully saturated rings. The summed E-state index contributed by atoms with van der Waals surface area (Å²) in [5.74, 6) is 1.69. The zero-order valence-corrected chi connectivity index (χ0v) is 18.6. The number of ether oxygens (including phenoxy) is 5. The van der Waals surface area contributed by atoms with Crippen LogP contribution >= 0.6 is 11.3 Å². The molecular weight excluding hydrogens is 408 g/mol. The summed E-state index contributed by atoms with van der Waals surface area (Å²) >= 11 is 1.29. The number of thiophene rings is 1. The van der Waals surface area contributed by atoms with E-state index >= 15 is 0 Å². The fourth-order valence-corrected chi connectivity index (χ4v) is 3.95. The lowest BCUT2D eigenvalue weighted by molar-refractivity contribution is 0.0917. The average Bonchev–Trinajstić information content (AvgIpc) is 3.09. The van der Waals surface area contributed by atoms with Crippen molar-refractivity contribution in [3.8, 4) is 28.7 Å². The molecular formula is C22H26O7S. The molecule has 0 atom stereocenters. The van der Waals surface area contributed by atoms with Crippen LogP contribution in [0.25, 0.3) is 0 Å². The normalized spacial score (nSPS) is 10.3. The van der Waals surface area contributed by atoms with Crippen LogP contribution in [0.1, 0.15) is 37.7 Å². The first-order valence-corrected chi connectivity index (χ1v) is 10.0. The third kappa shape index (κ3) is 4.94. The Morgan fingerprint density at radius 2 is 1.47 bits per heavy atom. The molecule has 0 aliphatic heterocycles. The summed E-state index contributed by atoms with van der Waals surface area (Å²) in [7, 11) is 5.93. The number of carbonyl (C=O) groups is 2. The standard InChI is InChI=1S/C22H26O7S/c1-7-10-29-19-13(2)30-22(21(19)28-6)16(24)9-8-15(23)14-11-17(25-3)20(27-5)18(12-14)26-4/h7,11-12H,1,8-10H2,2-6H3. The van der Waals surface area contributed by atoms with Gasteiger partial charge in [0.2, 0.25) is 5.75 Å². The Labute approximate surface area is 180 Å². The average molecular weight is 435 g/mol. The summed E-state index contributed by atoms with van der Waals surface area (Å²) in [6.07, 6.45) is 1.68. The van der Waals surface area contributed by atoms with Gasteiger partial charge in [-0.15, -0.1) is 11.3 Å². The maximum Gasteiger partial charge on any atom is 0.203 e. The van der Waals surface area contributed by atoms with E-state index < -0.39 is 0 Å². The second kappa shape index (κ2) is 10.7. The molecule has 0 unspecified atom stereocenters. The molecule has 0 N–H and O–H groups in total. The van der Waals surface area contributed by atoms with Crippen molar-refractivity contribution >= 4 is 22.9 Å². The molecule has 0 spiro atoms. The first-order valence-electron chi connectivity index (χ1n) is 9.19. The molecule has 0 saturated carbocycles. The topological polar surface area (TPSA) is 80.3 Å². The minimum absolute atomic E-state index is 0.0282. The monoisotopic (exact) mass is 434 g/mol. The summed E-state index contributed by atoms with van der Waals surface area (Å²) in [6, 6.07) is 3.15. The molecule has 2 aromatic rings. The minimum Gasteiger partial charge on any atom is -0.493 e. The van der Waals surface area contributed by atoms with Crippen molar-refractivity contribution in [1.82, 2.24) is 0 Å². The molecule has 0 aliphatic rings. The van der Waals surface area contributed by atoms with Crippen molar-refractivity contribution in [2.75, 3.05) is 35.0 Å². The van der Waals surface area contributed by atoms with E-state index in [0.29, 0.717) is 45.8 Å². The van der Waals surface area contributed by atoms with Crippen LogP contribution in [0.3, 0.4) is 0 Å². The van der Waals surface area contributed by atoms with Crippen molar-refractivity contribution in [3.05, 3.63) is 40.1 Å². The second-order valence-electron chi connectivity index (χ2n) is 6.21. The predicted molar refractivity (Wildman–Crippen MR) is 115 cm³/mol. The highest BCUT2D eigenvalue weighted by atomic mass is 32.1. The van der Waals surface area contributed by atoms with E-state index in [1.807, 2.05) is 6.92 Å². The molecule has 30 heavy (non-hydrogen) atoms. The summed E-state index contributed by atoms with van der Waals surface area (Å²) in [6.45, 7) is 5.78. The Morgan fingerprint density at radius 3 is 1.97 bits per heavy atom. The largest absolute Gasteiger partial charge is 0.493 e. The lowest BCUT2D eigenvalue weighted by Crippen LogP contribution is -2.06. The molecule has 2 rings (SSSR count). The van der Waals surface area contributed by atoms with E-state index in [-0.39, 0.29) is 24.4 Å². The highest BCUT2D eigenvalue weighted by molar-refractivity contribution is 7.14. The van der Waals surface area contributed by atoms with E-state index in [1.165, 1.54) is 39.8 Å². The van der Waals surface area contributed by atoms with Crippen LogP contribution in [0.5, 0.6) is 28.7 Å². The molecule has 0 saturated heterocycles. The number of ketones is 2. The van der Waals surface area contributed by atoms with Gasteiger partial charge in [0, 0.05) is 23.3 Å². The zero-order chi connectivity index (χ0) is 22.3. The van der Waals surface area contributed by atoms with Crippen molar-refractivity contribution in [2.45, 2.75) is 19.8 Å². The first kappa shape index (κ1) is 23.3. The van der Waals surface area contributed by atoms with Crippen molar-refractivity contribution in [2.24, 2.45) is 0 Å². The first-order chi connectivity index (χ1) is 14.4. The lowest BCUT2D eigenvalue weighted by Gasteiger charge is -2.13. The van der Waals surface area contributed by atoms with Crippen molar-refractivity contribution in [3.63, 3.8) is 0 Å². The molecule has 0 amide bonds. The lowest BCUT2D eigenvalue weighted by atomic mass is 10.0. The predicted octanol–water partition coefficient (Wildman–Crippen LogP) is 4.50. The van der Waals surface area contributed by atoms with Crippen LogP contribution in [-0.4, -0.2) is 46.6 Å². The SMILES string of the molecule is C=CCOc1c(C)sc(C(=O)CCC(=O)c2cc(OC)c(OC)c(OC)c2)c1OC. The number of hydrogen-bond donors (Lipinski definition) is 0. The number of carbonyl (C=O) groups excluding carboxylic acids is 2. The molecule has 7 nitrogen and oxygen atoms in total. The van der Waals surface area contributed by atoms with Crippen LogP contribution in [0, 0.1) is 6.92 Å². The van der Waals surface area contributed by atoms with Gasteiger partial charge >= 0.3 is 0 Å². The van der Waals surface area contributed by atoms with Gasteiger partial charge in [-0.2, -0.15) is 0 Å². The van der Waals surface area contributed by atoms with Gasteiger partial charge in [0.25, 0.3) is 0 Å². The van der Waals surface area contributed by atoms with Crippen LogP contribution in [-0.2, 0) is 0 Å². The molecule has 1 aromatic heterocycles. The Morgan fingerprint density at radius 1 is 0.900 bits per heavy atom. The number of Topliss-reactive ketones (excluding diaryl/α,β-unsaturated/α-hetero) is 2. The Kier molecular flexibility index (Phi) is 8.29. The molecule has 0 bridgehead atoms. The molecule has 0 aliphatic carbocycles. The highest BCUT2D eigenvalue weighted by Gasteiger charge is 2.24. The number of rotatable bonds is 12. The third-order valence-electron chi connectivity index (χ3n) is 4.36. The van der Waals surface area contributed by atoms with Gasteiger partial charge in [-0.1, -0.05) is 12.7 Å². The quantitative estimate of drug-likeness (QED) is 0.359. The van der Waals surface area contributed by atoms with Crippen LogP contribution in [0.4, 0.5) is 0 Å². The van der Waals surface area contributed by atoms with E-state index in [4.69, 9.17) is 23.7 Å². The third-order valence-corrected chi connectivity index (χ3v) is 5.46. The maximum atomic E-state index is 12.8. The van der Waals surface area contributed by atoms with Gasteiger partial charge in [-0.3, -0.25) is 9.59 Å². The summed E-state index contributed by atoms with van der Waals surface area (Å²) in [5.41, 5.74) is 0.377. The molecule has 0 radical (unpaired) electrons. The van der Waals surface area contributed by atoms with Crippen LogP contribution < -0.4 is 23.7 Å². The fraction of sp³-hybridized carbons (Fsp3) is 0.364. The molecule has 1 aromatic carbocycles. The smallest absolute Gasteiger partial charge is 0.203 e. The second-order valence-corrected chi connectivity index (χ2v) is 7.43. The number of methoxy groups -OCH3 is 4. The molecule has 8 heteroatoms. The molecule has 1 heterocycles. The number of hydrogen-bond acceptors (Lipinski definition) is 8. The van der Waals surface area contributed by atoms with Gasteiger partial charge in [-0.25, -0.2) is 0 Å². The Balaban J connectivity index is 2.19. The van der Waals surface area contributed by atoms with Crippen molar-refractivity contribution in [1.29, 1.82) is 0 Å². The minimum atomic E-state index is -0.210. The summed E-state index contributed by atoms with van der Waals surface area (Å²) < 4.78 is 26.8. The zero-order valence-electron chi connectivity index (χ0n) is 17.8. The van der Waals surface area contributed by atoms with Gasteiger partial charge in [-0.05, 0) is 19.1 Å². The van der Waals surface area contributed by atoms with Crippen molar-refractivity contribution < 1.29 is 33.3 Å². The molecule has 162 valence electrons. The fourth-order valence-electron chi connectivity index (χ4n) is 2.91. The van der Waals surface area contributed by atoms with E-state index in [2.05, 4.69) is 6.58 Å². The van der Waals surface area contributed by atoms with E-state index in [0.717, 1.165) is 4.88 Å². The van der Waals surface area contributed by atoms with Crippen LogP contribution in [0.15, 0.2) is 24.8 Å². The maximum absolute atomic E-state index is 12.8. The van der Waals surface area contributed by atoms with E-state index in [9.17, 15) is 9.59 Å². The summed E-state index contributed by atoms with van der Waals surface area (Å²) in [4.78, 5) is 26.8. The van der Waals surface area contributed by atoms with Gasteiger partial charge in [0.05, 0.1) is 28.4 Å². The Bertz CT molecular complexity index is 905. The van der Waals surface area contributed by atoms with Gasteiger partial charge in [0.15, 0.2) is 34.6 Å². The summed E-state index contributed by atoms with van der Waals surface area (Å²) in [5, 5.41) is 0. The van der Waals surface area contributed by atoms with Gasteiger partial charge < -0.3 is 23.7 Å². The van der Waals surface area contributed by atoms with Gasteiger partial charge in [0.1, 0.15) is 11.5 Å². The highest BCUT2D eigenvalue weighted by Crippen LogP contribution is 2.43. The van der Waals surface area contributed by atoms with E-state index in [1.54, 1.807) is 18.2 Å².